The molecule has 4 nitrogen and oxygen atoms in total. The lowest BCUT2D eigenvalue weighted by Gasteiger charge is -2.38. The highest BCUT2D eigenvalue weighted by molar-refractivity contribution is 7.07. The summed E-state index contributed by atoms with van der Waals surface area (Å²) in [7, 11) is 1.93. The first-order chi connectivity index (χ1) is 10.7. The van der Waals surface area contributed by atoms with Crippen molar-refractivity contribution >= 4 is 23.1 Å². The molecule has 2 aromatic heterocycles. The zero-order valence-corrected chi connectivity index (χ0v) is 13.6. The van der Waals surface area contributed by atoms with Gasteiger partial charge in [0.1, 0.15) is 5.82 Å². The van der Waals surface area contributed by atoms with Crippen molar-refractivity contribution in [3.05, 3.63) is 46.8 Å². The van der Waals surface area contributed by atoms with E-state index in [2.05, 4.69) is 9.88 Å². The Kier molecular flexibility index (Phi) is 4.73. The highest BCUT2D eigenvalue weighted by atomic mass is 32.1. The number of hydrogen-bond acceptors (Lipinski definition) is 4. The molecule has 1 aliphatic rings. The molecular formula is C17H21N3OS. The van der Waals surface area contributed by atoms with Gasteiger partial charge in [0.2, 0.25) is 5.91 Å². The van der Waals surface area contributed by atoms with E-state index in [1.54, 1.807) is 11.3 Å². The predicted octanol–water partition coefficient (Wildman–Crippen LogP) is 2.81. The highest BCUT2D eigenvalue weighted by Crippen LogP contribution is 2.20. The van der Waals surface area contributed by atoms with E-state index in [1.165, 1.54) is 0 Å². The number of likely N-dealkylation sites (N-methyl/N-ethyl adjacent to an activating group) is 1. The van der Waals surface area contributed by atoms with Crippen LogP contribution in [0, 0.1) is 0 Å². The summed E-state index contributed by atoms with van der Waals surface area (Å²) in [6, 6.07) is 8.27. The second-order valence-corrected chi connectivity index (χ2v) is 6.52. The number of anilines is 1. The van der Waals surface area contributed by atoms with Crippen molar-refractivity contribution in [2.45, 2.75) is 25.3 Å². The smallest absolute Gasteiger partial charge is 0.227 e. The van der Waals surface area contributed by atoms with Crippen molar-refractivity contribution in [2.75, 3.05) is 25.0 Å². The Morgan fingerprint density at radius 2 is 2.36 bits per heavy atom. The van der Waals surface area contributed by atoms with Crippen molar-refractivity contribution in [3.63, 3.8) is 0 Å². The summed E-state index contributed by atoms with van der Waals surface area (Å²) in [6.45, 7) is 1.88. The molecule has 22 heavy (non-hydrogen) atoms. The van der Waals surface area contributed by atoms with Crippen molar-refractivity contribution in [1.82, 2.24) is 9.88 Å². The van der Waals surface area contributed by atoms with Crippen LogP contribution in [0.25, 0.3) is 0 Å². The third-order valence-corrected chi connectivity index (χ3v) is 4.98. The minimum absolute atomic E-state index is 0.200. The number of carbonyl (C=O) groups is 1. The molecule has 0 N–H and O–H groups in total. The van der Waals surface area contributed by atoms with E-state index in [0.717, 1.165) is 37.3 Å². The van der Waals surface area contributed by atoms with E-state index >= 15 is 0 Å². The Morgan fingerprint density at radius 1 is 1.45 bits per heavy atom. The third kappa shape index (κ3) is 3.47. The molecule has 0 aromatic carbocycles. The molecule has 0 radical (unpaired) electrons. The lowest BCUT2D eigenvalue weighted by molar-refractivity contribution is -0.131. The number of nitrogens with zero attached hydrogens (tertiary/aromatic N) is 3. The standard InChI is InChI=1S/C17H21N3OS/c1-19(17(21)11-14-7-10-22-13-14)15-5-4-9-20(12-15)16-6-2-3-8-18-16/h2-3,6-8,10,13,15H,4-5,9,11-12H2,1H3/t15-/m0/s1. The Morgan fingerprint density at radius 3 is 3.09 bits per heavy atom. The van der Waals surface area contributed by atoms with Gasteiger partial charge in [0.05, 0.1) is 6.42 Å². The first-order valence-electron chi connectivity index (χ1n) is 7.67. The van der Waals surface area contributed by atoms with E-state index in [-0.39, 0.29) is 11.9 Å². The second kappa shape index (κ2) is 6.92. The molecule has 5 heteroatoms. The van der Waals surface area contributed by atoms with Crippen LogP contribution < -0.4 is 4.90 Å². The third-order valence-electron chi connectivity index (χ3n) is 4.25. The van der Waals surface area contributed by atoms with E-state index in [4.69, 9.17) is 0 Å². The van der Waals surface area contributed by atoms with Gasteiger partial charge in [-0.2, -0.15) is 11.3 Å². The van der Waals surface area contributed by atoms with Crippen molar-refractivity contribution in [2.24, 2.45) is 0 Å². The van der Waals surface area contributed by atoms with Crippen molar-refractivity contribution in [3.8, 4) is 0 Å². The number of aromatic nitrogens is 1. The van der Waals surface area contributed by atoms with Crippen LogP contribution in [-0.4, -0.2) is 42.0 Å². The lowest BCUT2D eigenvalue weighted by atomic mass is 10.0. The largest absolute Gasteiger partial charge is 0.355 e. The maximum absolute atomic E-state index is 12.4. The Labute approximate surface area is 135 Å². The maximum Gasteiger partial charge on any atom is 0.227 e. The molecule has 0 aliphatic carbocycles. The quantitative estimate of drug-likeness (QED) is 0.870. The van der Waals surface area contributed by atoms with Crippen molar-refractivity contribution < 1.29 is 4.79 Å². The number of hydrogen-bond donors (Lipinski definition) is 0. The molecule has 1 saturated heterocycles. The van der Waals surface area contributed by atoms with E-state index in [1.807, 2.05) is 53.2 Å². The molecule has 3 rings (SSSR count). The first-order valence-corrected chi connectivity index (χ1v) is 8.61. The molecular weight excluding hydrogens is 294 g/mol. The minimum Gasteiger partial charge on any atom is -0.355 e. The molecule has 1 amide bonds. The summed E-state index contributed by atoms with van der Waals surface area (Å²) in [4.78, 5) is 21.1. The van der Waals surface area contributed by atoms with Gasteiger partial charge in [-0.25, -0.2) is 4.98 Å². The normalized spacial score (nSPS) is 18.2. The number of thiophene rings is 1. The maximum atomic E-state index is 12.4. The van der Waals surface area contributed by atoms with Crippen LogP contribution in [0.1, 0.15) is 18.4 Å². The molecule has 2 aromatic rings. The van der Waals surface area contributed by atoms with Gasteiger partial charge >= 0.3 is 0 Å². The summed E-state index contributed by atoms with van der Waals surface area (Å²) >= 11 is 1.64. The lowest BCUT2D eigenvalue weighted by Crippen LogP contribution is -2.49. The number of rotatable bonds is 4. The van der Waals surface area contributed by atoms with Gasteiger partial charge in [0.25, 0.3) is 0 Å². The van der Waals surface area contributed by atoms with Crippen LogP contribution >= 0.6 is 11.3 Å². The summed E-state index contributed by atoms with van der Waals surface area (Å²) < 4.78 is 0. The van der Waals surface area contributed by atoms with Crippen LogP contribution in [0.2, 0.25) is 0 Å². The SMILES string of the molecule is CN(C(=O)Cc1ccsc1)[C@H]1CCCN(c2ccccn2)C1. The number of pyridine rings is 1. The summed E-state index contributed by atoms with van der Waals surface area (Å²) in [6.07, 6.45) is 4.48. The van der Waals surface area contributed by atoms with Crippen LogP contribution in [-0.2, 0) is 11.2 Å². The first kappa shape index (κ1) is 15.0. The fraction of sp³-hybridized carbons (Fsp3) is 0.412. The Balaban J connectivity index is 1.62. The fourth-order valence-electron chi connectivity index (χ4n) is 2.92. The molecule has 1 fully saturated rings. The monoisotopic (exact) mass is 315 g/mol. The predicted molar refractivity (Wildman–Crippen MR) is 90.3 cm³/mol. The van der Waals surface area contributed by atoms with Crippen LogP contribution in [0.15, 0.2) is 41.2 Å². The Bertz CT molecular complexity index is 600. The average Bonchev–Trinajstić information content (AvgIpc) is 3.08. The molecule has 1 atom stereocenters. The average molecular weight is 315 g/mol. The summed E-state index contributed by atoms with van der Waals surface area (Å²) in [5, 5.41) is 4.07. The zero-order valence-electron chi connectivity index (χ0n) is 12.8. The van der Waals surface area contributed by atoms with E-state index in [0.29, 0.717) is 6.42 Å². The minimum atomic E-state index is 0.200. The van der Waals surface area contributed by atoms with E-state index in [9.17, 15) is 4.79 Å². The second-order valence-electron chi connectivity index (χ2n) is 5.74. The fourth-order valence-corrected chi connectivity index (χ4v) is 3.58. The van der Waals surface area contributed by atoms with Gasteiger partial charge in [-0.05, 0) is 47.4 Å². The van der Waals surface area contributed by atoms with Gasteiger partial charge in [0, 0.05) is 32.4 Å². The topological polar surface area (TPSA) is 36.4 Å². The molecule has 3 heterocycles. The van der Waals surface area contributed by atoms with Crippen LogP contribution in [0.3, 0.4) is 0 Å². The molecule has 0 spiro atoms. The van der Waals surface area contributed by atoms with E-state index < -0.39 is 0 Å². The van der Waals surface area contributed by atoms with Gasteiger partial charge in [-0.1, -0.05) is 6.07 Å². The number of piperidine rings is 1. The van der Waals surface area contributed by atoms with Gasteiger partial charge in [0.15, 0.2) is 0 Å². The summed E-state index contributed by atoms with van der Waals surface area (Å²) in [5.41, 5.74) is 1.11. The number of carbonyl (C=O) groups excluding carboxylic acids is 1. The molecule has 0 saturated carbocycles. The van der Waals surface area contributed by atoms with Gasteiger partial charge in [-0.3, -0.25) is 4.79 Å². The highest BCUT2D eigenvalue weighted by Gasteiger charge is 2.26. The molecule has 0 bridgehead atoms. The molecule has 116 valence electrons. The van der Waals surface area contributed by atoms with Crippen molar-refractivity contribution in [1.29, 1.82) is 0 Å². The summed E-state index contributed by atoms with van der Waals surface area (Å²) in [5.74, 6) is 1.21. The zero-order chi connectivity index (χ0) is 15.4. The number of amides is 1. The van der Waals surface area contributed by atoms with Crippen LogP contribution in [0.5, 0.6) is 0 Å². The van der Waals surface area contributed by atoms with Gasteiger partial charge in [-0.15, -0.1) is 0 Å². The molecule has 1 aliphatic heterocycles. The van der Waals surface area contributed by atoms with Gasteiger partial charge < -0.3 is 9.80 Å². The molecule has 0 unspecified atom stereocenters. The van der Waals surface area contributed by atoms with Crippen LogP contribution in [0.4, 0.5) is 5.82 Å². The Hall–Kier alpha value is -1.88.